The van der Waals surface area contributed by atoms with Crippen molar-refractivity contribution in [3.63, 3.8) is 0 Å². The number of hydrogen-bond acceptors (Lipinski definition) is 4. The van der Waals surface area contributed by atoms with Crippen LogP contribution in [-0.4, -0.2) is 43.4 Å². The van der Waals surface area contributed by atoms with Gasteiger partial charge in [0.2, 0.25) is 0 Å². The van der Waals surface area contributed by atoms with Crippen LogP contribution in [-0.2, 0) is 13.0 Å². The van der Waals surface area contributed by atoms with Crippen molar-refractivity contribution in [2.45, 2.75) is 82.7 Å². The van der Waals surface area contributed by atoms with Crippen molar-refractivity contribution in [1.82, 2.24) is 10.2 Å². The van der Waals surface area contributed by atoms with Crippen LogP contribution in [0.4, 0.5) is 22.0 Å². The minimum absolute atomic E-state index is 0.00385. The maximum Gasteiger partial charge on any atom is 0.401 e. The molecule has 2 fully saturated rings. The van der Waals surface area contributed by atoms with Gasteiger partial charge < -0.3 is 14.8 Å². The molecule has 0 radical (unpaired) electrons. The van der Waals surface area contributed by atoms with E-state index in [1.807, 2.05) is 30.3 Å². The molecule has 1 saturated heterocycles. The molecule has 1 aliphatic carbocycles. The smallest absolute Gasteiger partial charge is 0.401 e. The van der Waals surface area contributed by atoms with Crippen molar-refractivity contribution < 1.29 is 31.4 Å². The second kappa shape index (κ2) is 13.7. The quantitative estimate of drug-likeness (QED) is 0.266. The minimum Gasteiger partial charge on any atom is -0.490 e. The number of ether oxygens (including phenoxy) is 2. The summed E-state index contributed by atoms with van der Waals surface area (Å²) in [5.41, 5.74) is 1.93. The molecule has 1 N–H and O–H groups in total. The number of fused-ring (bicyclic) bond motifs is 1. The second-order valence-electron chi connectivity index (χ2n) is 13.0. The van der Waals surface area contributed by atoms with E-state index in [0.717, 1.165) is 87.1 Å². The molecule has 3 aromatic rings. The van der Waals surface area contributed by atoms with E-state index in [1.54, 1.807) is 18.2 Å². The largest absolute Gasteiger partial charge is 0.490 e. The first-order chi connectivity index (χ1) is 21.7. The van der Waals surface area contributed by atoms with Crippen LogP contribution in [0.5, 0.6) is 11.5 Å². The van der Waals surface area contributed by atoms with Gasteiger partial charge in [-0.15, -0.1) is 0 Å². The summed E-state index contributed by atoms with van der Waals surface area (Å²) in [6.45, 7) is 1.05. The molecule has 2 atom stereocenters. The molecule has 2 unspecified atom stereocenters. The van der Waals surface area contributed by atoms with E-state index in [0.29, 0.717) is 29.9 Å². The van der Waals surface area contributed by atoms with E-state index in [2.05, 4.69) is 5.32 Å². The Morgan fingerprint density at radius 2 is 1.58 bits per heavy atom. The van der Waals surface area contributed by atoms with Crippen LogP contribution >= 0.6 is 0 Å². The van der Waals surface area contributed by atoms with Crippen LogP contribution < -0.4 is 14.8 Å². The van der Waals surface area contributed by atoms with Gasteiger partial charge in [0.15, 0.2) is 0 Å². The molecule has 3 aromatic carbocycles. The minimum atomic E-state index is -4.53. The van der Waals surface area contributed by atoms with E-state index in [-0.39, 0.29) is 23.8 Å². The molecule has 1 spiro atoms. The fraction of sp³-hybridized carbons (Fsp3) is 0.500. The number of benzene rings is 3. The van der Waals surface area contributed by atoms with Crippen LogP contribution in [0.2, 0.25) is 0 Å². The summed E-state index contributed by atoms with van der Waals surface area (Å²) in [7, 11) is 0. The van der Waals surface area contributed by atoms with Gasteiger partial charge >= 0.3 is 6.18 Å². The molecule has 6 rings (SSSR count). The Morgan fingerprint density at radius 1 is 0.867 bits per heavy atom. The van der Waals surface area contributed by atoms with Crippen molar-refractivity contribution in [2.24, 2.45) is 5.41 Å². The predicted octanol–water partition coefficient (Wildman–Crippen LogP) is 8.53. The summed E-state index contributed by atoms with van der Waals surface area (Å²) < 4.78 is 85.0. The van der Waals surface area contributed by atoms with Crippen LogP contribution in [0.25, 0.3) is 0 Å². The molecule has 0 bridgehead atoms. The second-order valence-corrected chi connectivity index (χ2v) is 13.0. The van der Waals surface area contributed by atoms with Gasteiger partial charge in [-0.1, -0.05) is 36.4 Å². The zero-order chi connectivity index (χ0) is 31.4. The van der Waals surface area contributed by atoms with Gasteiger partial charge in [-0.3, -0.25) is 4.90 Å². The summed E-state index contributed by atoms with van der Waals surface area (Å²) in [4.78, 5) is 1.11. The SMILES string of the molecule is Fc1cc(OC2CCCC3(CCCNCCC3)C2)cc(F)c1C1c2ccc(OCc3ccccc3)cc2CCN1CC(F)(F)F. The van der Waals surface area contributed by atoms with Gasteiger partial charge in [-0.2, -0.15) is 13.2 Å². The third kappa shape index (κ3) is 7.80. The van der Waals surface area contributed by atoms with Gasteiger partial charge in [-0.05, 0) is 105 Å². The number of halogens is 5. The molecular formula is C36H41F5N2O2. The molecule has 242 valence electrons. The Bertz CT molecular complexity index is 1420. The maximum absolute atomic E-state index is 15.9. The first-order valence-electron chi connectivity index (χ1n) is 16.1. The summed E-state index contributed by atoms with van der Waals surface area (Å²) in [6, 6.07) is 15.7. The Morgan fingerprint density at radius 3 is 2.29 bits per heavy atom. The molecule has 0 amide bonds. The number of nitrogens with one attached hydrogen (secondary N) is 1. The first kappa shape index (κ1) is 31.8. The van der Waals surface area contributed by atoms with E-state index in [9.17, 15) is 13.2 Å². The zero-order valence-electron chi connectivity index (χ0n) is 25.5. The van der Waals surface area contributed by atoms with Crippen molar-refractivity contribution in [3.8, 4) is 11.5 Å². The monoisotopic (exact) mass is 628 g/mol. The molecule has 9 heteroatoms. The third-order valence-corrected chi connectivity index (χ3v) is 9.72. The average molecular weight is 629 g/mol. The molecule has 4 nitrogen and oxygen atoms in total. The zero-order valence-corrected chi connectivity index (χ0v) is 25.5. The fourth-order valence-electron chi connectivity index (χ4n) is 7.68. The van der Waals surface area contributed by atoms with Crippen LogP contribution in [0.3, 0.4) is 0 Å². The highest BCUT2D eigenvalue weighted by molar-refractivity contribution is 5.46. The van der Waals surface area contributed by atoms with Crippen LogP contribution in [0, 0.1) is 17.0 Å². The molecule has 3 aliphatic rings. The van der Waals surface area contributed by atoms with Crippen molar-refractivity contribution in [2.75, 3.05) is 26.2 Å². The van der Waals surface area contributed by atoms with E-state index < -0.39 is 36.0 Å². The molecule has 0 aromatic heterocycles. The van der Waals surface area contributed by atoms with Gasteiger partial charge in [-0.25, -0.2) is 8.78 Å². The molecular weight excluding hydrogens is 587 g/mol. The lowest BCUT2D eigenvalue weighted by molar-refractivity contribution is -0.150. The summed E-state index contributed by atoms with van der Waals surface area (Å²) >= 11 is 0. The Labute approximate surface area is 261 Å². The normalized spacial score (nSPS) is 22.3. The highest BCUT2D eigenvalue weighted by atomic mass is 19.4. The van der Waals surface area contributed by atoms with Gasteiger partial charge in [0, 0.05) is 24.2 Å². The van der Waals surface area contributed by atoms with Gasteiger partial charge in [0.05, 0.1) is 18.7 Å². The molecule has 45 heavy (non-hydrogen) atoms. The Hall–Kier alpha value is -3.17. The third-order valence-electron chi connectivity index (χ3n) is 9.72. The lowest BCUT2D eigenvalue weighted by Gasteiger charge is -2.42. The van der Waals surface area contributed by atoms with Crippen LogP contribution in [0.15, 0.2) is 60.7 Å². The lowest BCUT2D eigenvalue weighted by Crippen LogP contribution is -2.42. The summed E-state index contributed by atoms with van der Waals surface area (Å²) in [5.74, 6) is -1.16. The number of hydrogen-bond donors (Lipinski definition) is 1. The standard InChI is InChI=1S/C36H41F5N2O2/c37-31-20-29(45-28-9-4-13-35(22-28)14-5-16-42-17-6-15-35)21-32(38)33(31)34-30-11-10-27(44-23-25-7-2-1-3-8-25)19-26(30)12-18-43(34)24-36(39,40)41/h1-3,7-8,10-11,19-21,28,34,42H,4-6,9,12-18,22-24H2. The molecule has 1 saturated carbocycles. The summed E-state index contributed by atoms with van der Waals surface area (Å²) in [5, 5.41) is 3.45. The number of nitrogens with zero attached hydrogens (tertiary/aromatic N) is 1. The van der Waals surface area contributed by atoms with Crippen molar-refractivity contribution in [3.05, 3.63) is 94.6 Å². The van der Waals surface area contributed by atoms with E-state index >= 15 is 8.78 Å². The van der Waals surface area contributed by atoms with E-state index in [4.69, 9.17) is 9.47 Å². The first-order valence-corrected chi connectivity index (χ1v) is 16.1. The summed E-state index contributed by atoms with van der Waals surface area (Å²) in [6.07, 6.45) is 3.84. The molecule has 2 heterocycles. The van der Waals surface area contributed by atoms with Crippen molar-refractivity contribution in [1.29, 1.82) is 0 Å². The maximum atomic E-state index is 15.9. The lowest BCUT2D eigenvalue weighted by atomic mass is 9.67. The predicted molar refractivity (Wildman–Crippen MR) is 163 cm³/mol. The fourth-order valence-corrected chi connectivity index (χ4v) is 7.68. The topological polar surface area (TPSA) is 33.7 Å². The molecule has 2 aliphatic heterocycles. The van der Waals surface area contributed by atoms with E-state index in [1.165, 1.54) is 0 Å². The van der Waals surface area contributed by atoms with Gasteiger partial charge in [0.25, 0.3) is 0 Å². The van der Waals surface area contributed by atoms with Gasteiger partial charge in [0.1, 0.15) is 29.7 Å². The average Bonchev–Trinajstić information content (AvgIpc) is 2.99. The van der Waals surface area contributed by atoms with Crippen LogP contribution in [0.1, 0.15) is 79.7 Å². The highest BCUT2D eigenvalue weighted by Crippen LogP contribution is 2.46. The Balaban J connectivity index is 1.25. The number of rotatable bonds is 7. The Kier molecular flexibility index (Phi) is 9.66. The van der Waals surface area contributed by atoms with Crippen molar-refractivity contribution >= 4 is 0 Å². The highest BCUT2D eigenvalue weighted by Gasteiger charge is 2.41. The number of alkyl halides is 3.